The Bertz CT molecular complexity index is 632. The van der Waals surface area contributed by atoms with Crippen molar-refractivity contribution in [2.24, 2.45) is 0 Å². The lowest BCUT2D eigenvalue weighted by Crippen LogP contribution is -2.23. The summed E-state index contributed by atoms with van der Waals surface area (Å²) in [4.78, 5) is 0. The zero-order valence-corrected chi connectivity index (χ0v) is 13.9. The molecule has 0 aliphatic heterocycles. The highest BCUT2D eigenvalue weighted by Crippen LogP contribution is 2.29. The molecular formula is C17H18BrF2N. The van der Waals surface area contributed by atoms with Gasteiger partial charge in [-0.25, -0.2) is 8.78 Å². The fourth-order valence-electron chi connectivity index (χ4n) is 2.49. The zero-order chi connectivity index (χ0) is 15.6. The second-order valence-electron chi connectivity index (χ2n) is 5.13. The molecule has 4 heteroatoms. The first-order valence-electron chi connectivity index (χ1n) is 6.89. The van der Waals surface area contributed by atoms with E-state index in [1.165, 1.54) is 6.07 Å². The van der Waals surface area contributed by atoms with E-state index in [0.29, 0.717) is 23.2 Å². The van der Waals surface area contributed by atoms with Crippen molar-refractivity contribution in [1.29, 1.82) is 0 Å². The van der Waals surface area contributed by atoms with Gasteiger partial charge in [0.15, 0.2) is 0 Å². The third kappa shape index (κ3) is 3.50. The lowest BCUT2D eigenvalue weighted by atomic mass is 9.95. The number of benzene rings is 2. The highest BCUT2D eigenvalue weighted by molar-refractivity contribution is 9.10. The average Bonchev–Trinajstić information content (AvgIpc) is 2.44. The minimum atomic E-state index is -0.300. The van der Waals surface area contributed by atoms with Crippen molar-refractivity contribution < 1.29 is 8.78 Å². The number of hydrogen-bond donors (Lipinski definition) is 1. The Morgan fingerprint density at radius 2 is 1.71 bits per heavy atom. The van der Waals surface area contributed by atoms with Crippen molar-refractivity contribution in [3.63, 3.8) is 0 Å². The van der Waals surface area contributed by atoms with E-state index < -0.39 is 0 Å². The van der Waals surface area contributed by atoms with Gasteiger partial charge in [0.25, 0.3) is 0 Å². The molecule has 1 nitrogen and oxygen atoms in total. The molecule has 0 saturated carbocycles. The van der Waals surface area contributed by atoms with E-state index in [9.17, 15) is 8.78 Å². The predicted molar refractivity (Wildman–Crippen MR) is 85.5 cm³/mol. The molecule has 0 saturated heterocycles. The molecule has 0 spiro atoms. The monoisotopic (exact) mass is 353 g/mol. The number of hydrogen-bond acceptors (Lipinski definition) is 1. The van der Waals surface area contributed by atoms with Crippen LogP contribution in [0.5, 0.6) is 0 Å². The molecule has 0 aromatic heterocycles. The first-order chi connectivity index (χ1) is 9.93. The molecular weight excluding hydrogens is 336 g/mol. The quantitative estimate of drug-likeness (QED) is 0.811. The van der Waals surface area contributed by atoms with E-state index in [2.05, 4.69) is 21.2 Å². The van der Waals surface area contributed by atoms with Crippen molar-refractivity contribution in [2.45, 2.75) is 26.8 Å². The van der Waals surface area contributed by atoms with Crippen LogP contribution in [0.15, 0.2) is 34.8 Å². The molecule has 0 heterocycles. The number of halogens is 3. The van der Waals surface area contributed by atoms with Gasteiger partial charge in [-0.15, -0.1) is 0 Å². The Labute approximate surface area is 132 Å². The fraction of sp³-hybridized carbons (Fsp3) is 0.294. The maximum Gasteiger partial charge on any atom is 0.129 e. The van der Waals surface area contributed by atoms with Crippen LogP contribution in [0.4, 0.5) is 8.78 Å². The largest absolute Gasteiger partial charge is 0.306 e. The summed E-state index contributed by atoms with van der Waals surface area (Å²) in [5, 5.41) is 3.27. The summed E-state index contributed by atoms with van der Waals surface area (Å²) in [6.07, 6.45) is 0. The van der Waals surface area contributed by atoms with Gasteiger partial charge < -0.3 is 5.32 Å². The van der Waals surface area contributed by atoms with Gasteiger partial charge in [0.05, 0.1) is 6.04 Å². The second-order valence-corrected chi connectivity index (χ2v) is 6.04. The summed E-state index contributed by atoms with van der Waals surface area (Å²) in [5.74, 6) is -0.479. The van der Waals surface area contributed by atoms with E-state index in [4.69, 9.17) is 0 Å². The fourth-order valence-corrected chi connectivity index (χ4v) is 2.87. The Kier molecular flexibility index (Phi) is 5.12. The maximum absolute atomic E-state index is 14.2. The minimum Gasteiger partial charge on any atom is -0.306 e. The number of aryl methyl sites for hydroxylation is 2. The molecule has 1 unspecified atom stereocenters. The van der Waals surface area contributed by atoms with Gasteiger partial charge in [0.1, 0.15) is 11.6 Å². The van der Waals surface area contributed by atoms with Crippen molar-refractivity contribution in [2.75, 3.05) is 6.54 Å². The highest BCUT2D eigenvalue weighted by atomic mass is 79.9. The Hall–Kier alpha value is -1.26. The molecule has 0 fully saturated rings. The molecule has 0 aliphatic rings. The first-order valence-corrected chi connectivity index (χ1v) is 7.68. The summed E-state index contributed by atoms with van der Waals surface area (Å²) >= 11 is 3.37. The van der Waals surface area contributed by atoms with Crippen LogP contribution in [0, 0.1) is 25.5 Å². The second kappa shape index (κ2) is 6.67. The van der Waals surface area contributed by atoms with Crippen molar-refractivity contribution in [1.82, 2.24) is 5.32 Å². The lowest BCUT2D eigenvalue weighted by Gasteiger charge is -2.21. The number of rotatable bonds is 4. The zero-order valence-electron chi connectivity index (χ0n) is 12.3. The van der Waals surface area contributed by atoms with Gasteiger partial charge in [-0.3, -0.25) is 0 Å². The van der Waals surface area contributed by atoms with Gasteiger partial charge in [0.2, 0.25) is 0 Å². The van der Waals surface area contributed by atoms with Crippen LogP contribution in [0.2, 0.25) is 0 Å². The van der Waals surface area contributed by atoms with Gasteiger partial charge in [-0.1, -0.05) is 35.0 Å². The highest BCUT2D eigenvalue weighted by Gasteiger charge is 2.19. The molecule has 0 bridgehead atoms. The maximum atomic E-state index is 14.2. The predicted octanol–water partition coefficient (Wildman–Crippen LogP) is 5.04. The van der Waals surface area contributed by atoms with Gasteiger partial charge in [0, 0.05) is 10.0 Å². The van der Waals surface area contributed by atoms with Crippen molar-refractivity contribution >= 4 is 15.9 Å². The summed E-state index contributed by atoms with van der Waals surface area (Å²) < 4.78 is 28.8. The normalized spacial score (nSPS) is 12.5. The summed E-state index contributed by atoms with van der Waals surface area (Å²) in [5.41, 5.74) is 2.56. The smallest absolute Gasteiger partial charge is 0.129 e. The lowest BCUT2D eigenvalue weighted by molar-refractivity contribution is 0.555. The van der Waals surface area contributed by atoms with Crippen LogP contribution in [0.3, 0.4) is 0 Å². The minimum absolute atomic E-state index is 0.205. The van der Waals surface area contributed by atoms with Crippen molar-refractivity contribution in [3.8, 4) is 0 Å². The summed E-state index contributed by atoms with van der Waals surface area (Å²) in [7, 11) is 0. The molecule has 2 aromatic carbocycles. The Balaban J connectivity index is 2.56. The number of nitrogens with one attached hydrogen (secondary N) is 1. The van der Waals surface area contributed by atoms with Gasteiger partial charge in [-0.05, 0) is 55.3 Å². The van der Waals surface area contributed by atoms with E-state index in [1.54, 1.807) is 38.1 Å². The Morgan fingerprint density at radius 1 is 1.10 bits per heavy atom. The van der Waals surface area contributed by atoms with E-state index in [0.717, 1.165) is 10.0 Å². The topological polar surface area (TPSA) is 12.0 Å². The molecule has 1 atom stereocenters. The van der Waals surface area contributed by atoms with E-state index >= 15 is 0 Å². The van der Waals surface area contributed by atoms with Crippen LogP contribution in [0.25, 0.3) is 0 Å². The SMILES string of the molecule is CCNC(c1cc(C)c(F)c(C)c1)c1cc(Br)ccc1F. The standard InChI is InChI=1S/C17H18BrF2N/c1-4-21-17(14-9-13(18)5-6-15(14)19)12-7-10(2)16(20)11(3)8-12/h5-9,17,21H,4H2,1-3H3. The van der Waals surface area contributed by atoms with Crippen LogP contribution in [0.1, 0.15) is 35.2 Å². The first kappa shape index (κ1) is 16.1. The Morgan fingerprint density at radius 3 is 2.29 bits per heavy atom. The molecule has 112 valence electrons. The third-order valence-corrected chi connectivity index (χ3v) is 3.96. The molecule has 2 aromatic rings. The molecule has 1 N–H and O–H groups in total. The summed E-state index contributed by atoms with van der Waals surface area (Å²) in [6, 6.07) is 8.11. The average molecular weight is 354 g/mol. The van der Waals surface area contributed by atoms with Gasteiger partial charge >= 0.3 is 0 Å². The van der Waals surface area contributed by atoms with Crippen LogP contribution in [-0.2, 0) is 0 Å². The molecule has 0 amide bonds. The molecule has 21 heavy (non-hydrogen) atoms. The van der Waals surface area contributed by atoms with E-state index in [1.807, 2.05) is 6.92 Å². The van der Waals surface area contributed by atoms with Crippen LogP contribution >= 0.6 is 15.9 Å². The van der Waals surface area contributed by atoms with Crippen LogP contribution < -0.4 is 5.32 Å². The van der Waals surface area contributed by atoms with Crippen LogP contribution in [-0.4, -0.2) is 6.54 Å². The summed E-state index contributed by atoms with van der Waals surface area (Å²) in [6.45, 7) is 6.11. The third-order valence-electron chi connectivity index (χ3n) is 3.47. The van der Waals surface area contributed by atoms with Crippen molar-refractivity contribution in [3.05, 3.63) is 68.7 Å². The molecule has 2 rings (SSSR count). The molecule has 0 aliphatic carbocycles. The van der Waals surface area contributed by atoms with Gasteiger partial charge in [-0.2, -0.15) is 0 Å². The molecule has 0 radical (unpaired) electrons. The van der Waals surface area contributed by atoms with E-state index in [-0.39, 0.29) is 17.7 Å².